The Bertz CT molecular complexity index is 316. The van der Waals surface area contributed by atoms with Crippen molar-refractivity contribution in [3.05, 3.63) is 35.4 Å². The molecule has 2 unspecified atom stereocenters. The van der Waals surface area contributed by atoms with Gasteiger partial charge in [-0.3, -0.25) is 0 Å². The van der Waals surface area contributed by atoms with E-state index < -0.39 is 12.1 Å². The molecule has 0 radical (unpaired) electrons. The summed E-state index contributed by atoms with van der Waals surface area (Å²) in [7, 11) is 0. The summed E-state index contributed by atoms with van der Waals surface area (Å²) >= 11 is 0. The van der Waals surface area contributed by atoms with Gasteiger partial charge >= 0.3 is 5.97 Å². The Morgan fingerprint density at radius 2 is 1.79 bits per heavy atom. The van der Waals surface area contributed by atoms with Crippen molar-refractivity contribution >= 4 is 5.97 Å². The molecule has 0 saturated carbocycles. The first-order valence-electron chi connectivity index (χ1n) is 4.50. The molecule has 0 heterocycles. The fourth-order valence-electron chi connectivity index (χ4n) is 1.27. The van der Waals surface area contributed by atoms with E-state index in [4.69, 9.17) is 5.11 Å². The molecule has 0 fully saturated rings. The number of hydrogen-bond acceptors (Lipinski definition) is 2. The van der Waals surface area contributed by atoms with Crippen LogP contribution in [0, 0.1) is 6.92 Å². The largest absolute Gasteiger partial charge is 0.479 e. The maximum absolute atomic E-state index is 10.5. The SMILES string of the molecule is Cc1ccc(C(C)C(O)C(=O)O)cc1. The maximum atomic E-state index is 10.5. The number of hydrogen-bond donors (Lipinski definition) is 2. The lowest BCUT2D eigenvalue weighted by atomic mass is 9.95. The average molecular weight is 194 g/mol. The van der Waals surface area contributed by atoms with Crippen molar-refractivity contribution in [2.75, 3.05) is 0 Å². The highest BCUT2D eigenvalue weighted by molar-refractivity contribution is 5.73. The van der Waals surface area contributed by atoms with Crippen molar-refractivity contribution in [3.63, 3.8) is 0 Å². The number of carboxylic acid groups (broad SMARTS) is 1. The smallest absolute Gasteiger partial charge is 0.333 e. The fraction of sp³-hybridized carbons (Fsp3) is 0.364. The molecule has 3 heteroatoms. The van der Waals surface area contributed by atoms with E-state index in [1.54, 1.807) is 6.92 Å². The van der Waals surface area contributed by atoms with Gasteiger partial charge in [0.25, 0.3) is 0 Å². The molecule has 0 saturated heterocycles. The Morgan fingerprint density at radius 3 is 2.21 bits per heavy atom. The lowest BCUT2D eigenvalue weighted by molar-refractivity contribution is -0.147. The van der Waals surface area contributed by atoms with Crippen molar-refractivity contribution in [1.29, 1.82) is 0 Å². The van der Waals surface area contributed by atoms with Crippen LogP contribution in [-0.2, 0) is 4.79 Å². The molecule has 76 valence electrons. The quantitative estimate of drug-likeness (QED) is 0.767. The van der Waals surface area contributed by atoms with E-state index in [9.17, 15) is 9.90 Å². The van der Waals surface area contributed by atoms with Gasteiger partial charge < -0.3 is 10.2 Å². The van der Waals surface area contributed by atoms with Crippen LogP contribution in [0.4, 0.5) is 0 Å². The second-order valence-corrected chi connectivity index (χ2v) is 3.48. The molecule has 0 aliphatic rings. The highest BCUT2D eigenvalue weighted by atomic mass is 16.4. The molecule has 0 aliphatic carbocycles. The fourth-order valence-corrected chi connectivity index (χ4v) is 1.27. The van der Waals surface area contributed by atoms with Crippen molar-refractivity contribution in [3.8, 4) is 0 Å². The molecular weight excluding hydrogens is 180 g/mol. The zero-order chi connectivity index (χ0) is 10.7. The van der Waals surface area contributed by atoms with Gasteiger partial charge in [-0.1, -0.05) is 36.8 Å². The molecule has 2 N–H and O–H groups in total. The van der Waals surface area contributed by atoms with Gasteiger partial charge in [-0.05, 0) is 12.5 Å². The normalized spacial score (nSPS) is 14.8. The number of aliphatic carboxylic acids is 1. The zero-order valence-electron chi connectivity index (χ0n) is 8.27. The third-order valence-corrected chi connectivity index (χ3v) is 2.33. The molecule has 0 aromatic heterocycles. The van der Waals surface area contributed by atoms with Crippen molar-refractivity contribution < 1.29 is 15.0 Å². The lowest BCUT2D eigenvalue weighted by Crippen LogP contribution is -2.25. The van der Waals surface area contributed by atoms with E-state index in [1.165, 1.54) is 0 Å². The Kier molecular flexibility index (Phi) is 3.25. The molecule has 3 nitrogen and oxygen atoms in total. The summed E-state index contributed by atoms with van der Waals surface area (Å²) in [6, 6.07) is 7.49. The zero-order valence-corrected chi connectivity index (χ0v) is 8.27. The summed E-state index contributed by atoms with van der Waals surface area (Å²) in [5, 5.41) is 17.9. The van der Waals surface area contributed by atoms with Crippen LogP contribution >= 0.6 is 0 Å². The van der Waals surface area contributed by atoms with Crippen LogP contribution in [0.25, 0.3) is 0 Å². The second kappa shape index (κ2) is 4.24. The summed E-state index contributed by atoms with van der Waals surface area (Å²) in [4.78, 5) is 10.5. The van der Waals surface area contributed by atoms with Crippen LogP contribution in [0.3, 0.4) is 0 Å². The minimum Gasteiger partial charge on any atom is -0.479 e. The molecule has 0 bridgehead atoms. The number of aliphatic hydroxyl groups is 1. The molecule has 1 aromatic rings. The topological polar surface area (TPSA) is 57.5 Å². The highest BCUT2D eigenvalue weighted by Gasteiger charge is 2.22. The molecule has 1 rings (SSSR count). The van der Waals surface area contributed by atoms with Crippen molar-refractivity contribution in [2.24, 2.45) is 0 Å². The van der Waals surface area contributed by atoms with Gasteiger partial charge in [0, 0.05) is 5.92 Å². The Balaban J connectivity index is 2.84. The Morgan fingerprint density at radius 1 is 1.29 bits per heavy atom. The number of carboxylic acids is 1. The first kappa shape index (κ1) is 10.7. The molecule has 2 atom stereocenters. The third-order valence-electron chi connectivity index (χ3n) is 2.33. The van der Waals surface area contributed by atoms with Crippen molar-refractivity contribution in [1.82, 2.24) is 0 Å². The first-order chi connectivity index (χ1) is 6.52. The van der Waals surface area contributed by atoms with Crippen LogP contribution < -0.4 is 0 Å². The van der Waals surface area contributed by atoms with Crippen LogP contribution in [0.5, 0.6) is 0 Å². The number of aryl methyl sites for hydroxylation is 1. The van der Waals surface area contributed by atoms with E-state index >= 15 is 0 Å². The molecule has 1 aromatic carbocycles. The van der Waals surface area contributed by atoms with Crippen LogP contribution in [0.15, 0.2) is 24.3 Å². The maximum Gasteiger partial charge on any atom is 0.333 e. The van der Waals surface area contributed by atoms with Gasteiger partial charge in [0.1, 0.15) is 0 Å². The summed E-state index contributed by atoms with van der Waals surface area (Å²) in [5.41, 5.74) is 1.95. The standard InChI is InChI=1S/C11H14O3/c1-7-3-5-9(6-4-7)8(2)10(12)11(13)14/h3-6,8,10,12H,1-2H3,(H,13,14). The van der Waals surface area contributed by atoms with Gasteiger partial charge in [0.05, 0.1) is 0 Å². The summed E-state index contributed by atoms with van der Waals surface area (Å²) in [6.45, 7) is 3.66. The molecule has 0 amide bonds. The molecule has 0 aliphatic heterocycles. The molecule has 0 spiro atoms. The minimum atomic E-state index is -1.34. The number of benzene rings is 1. The van der Waals surface area contributed by atoms with Crippen molar-refractivity contribution in [2.45, 2.75) is 25.9 Å². The molecule has 14 heavy (non-hydrogen) atoms. The van der Waals surface area contributed by atoms with Gasteiger partial charge in [0.2, 0.25) is 0 Å². The van der Waals surface area contributed by atoms with Crippen LogP contribution in [-0.4, -0.2) is 22.3 Å². The van der Waals surface area contributed by atoms with Gasteiger partial charge in [-0.2, -0.15) is 0 Å². The van der Waals surface area contributed by atoms with E-state index in [2.05, 4.69) is 0 Å². The highest BCUT2D eigenvalue weighted by Crippen LogP contribution is 2.19. The van der Waals surface area contributed by atoms with E-state index in [0.717, 1.165) is 11.1 Å². The minimum absolute atomic E-state index is 0.381. The lowest BCUT2D eigenvalue weighted by Gasteiger charge is -2.15. The van der Waals surface area contributed by atoms with Gasteiger partial charge in [0.15, 0.2) is 6.10 Å². The molecular formula is C11H14O3. The predicted molar refractivity (Wildman–Crippen MR) is 53.2 cm³/mol. The van der Waals surface area contributed by atoms with Gasteiger partial charge in [-0.25, -0.2) is 4.79 Å². The summed E-state index contributed by atoms with van der Waals surface area (Å²) in [5.74, 6) is -1.56. The first-order valence-corrected chi connectivity index (χ1v) is 4.50. The number of aliphatic hydroxyl groups excluding tert-OH is 1. The van der Waals surface area contributed by atoms with Crippen LogP contribution in [0.2, 0.25) is 0 Å². The van der Waals surface area contributed by atoms with E-state index in [-0.39, 0.29) is 5.92 Å². The average Bonchev–Trinajstić information content (AvgIpc) is 2.16. The van der Waals surface area contributed by atoms with E-state index in [0.29, 0.717) is 0 Å². The summed E-state index contributed by atoms with van der Waals surface area (Å²) < 4.78 is 0. The predicted octanol–water partition coefficient (Wildman–Crippen LogP) is 1.54. The Hall–Kier alpha value is -1.35. The number of rotatable bonds is 3. The summed E-state index contributed by atoms with van der Waals surface area (Å²) in [6.07, 6.45) is -1.34. The van der Waals surface area contributed by atoms with Gasteiger partial charge in [-0.15, -0.1) is 0 Å². The monoisotopic (exact) mass is 194 g/mol. The third kappa shape index (κ3) is 2.33. The Labute approximate surface area is 83.0 Å². The van der Waals surface area contributed by atoms with Crippen LogP contribution in [0.1, 0.15) is 24.0 Å². The second-order valence-electron chi connectivity index (χ2n) is 3.48. The number of carbonyl (C=O) groups is 1. The van der Waals surface area contributed by atoms with E-state index in [1.807, 2.05) is 31.2 Å².